The summed E-state index contributed by atoms with van der Waals surface area (Å²) in [4.78, 5) is 11.6. The molecule has 1 amide bonds. The molecule has 0 unspecified atom stereocenters. The van der Waals surface area contributed by atoms with Crippen molar-refractivity contribution in [3.63, 3.8) is 0 Å². The van der Waals surface area contributed by atoms with Crippen molar-refractivity contribution < 1.29 is 9.53 Å². The summed E-state index contributed by atoms with van der Waals surface area (Å²) in [6.45, 7) is 5.86. The second kappa shape index (κ2) is 5.51. The fourth-order valence-corrected chi connectivity index (χ4v) is 2.84. The standard InChI is InChI=1S/C15H16N2O2S/c1-15(2,3)19-14(18)17-8-10-5-4-6-12-11(7-16)9-20-13(10)12/h4-6,9H,8H2,1-3H3,(H,17,18). The van der Waals surface area contributed by atoms with Gasteiger partial charge in [-0.2, -0.15) is 5.26 Å². The number of hydrogen-bond donors (Lipinski definition) is 1. The number of nitrogens with one attached hydrogen (secondary N) is 1. The van der Waals surface area contributed by atoms with Crippen LogP contribution in [0.2, 0.25) is 0 Å². The molecule has 5 heteroatoms. The highest BCUT2D eigenvalue weighted by Gasteiger charge is 2.16. The average molecular weight is 288 g/mol. The fourth-order valence-electron chi connectivity index (χ4n) is 1.82. The van der Waals surface area contributed by atoms with Crippen molar-refractivity contribution in [2.45, 2.75) is 32.9 Å². The first-order valence-corrected chi connectivity index (χ1v) is 7.15. The van der Waals surface area contributed by atoms with Crippen LogP contribution in [0.25, 0.3) is 10.1 Å². The van der Waals surface area contributed by atoms with Crippen LogP contribution < -0.4 is 5.32 Å². The van der Waals surface area contributed by atoms with Gasteiger partial charge in [-0.3, -0.25) is 0 Å². The molecule has 1 aromatic heterocycles. The molecular formula is C15H16N2O2S. The Morgan fingerprint density at radius 2 is 2.20 bits per heavy atom. The minimum atomic E-state index is -0.507. The third kappa shape index (κ3) is 3.28. The van der Waals surface area contributed by atoms with Crippen LogP contribution in [0.1, 0.15) is 31.9 Å². The Hall–Kier alpha value is -2.06. The summed E-state index contributed by atoms with van der Waals surface area (Å²) in [5.74, 6) is 0. The first kappa shape index (κ1) is 14.4. The Balaban J connectivity index is 2.13. The molecule has 0 spiro atoms. The molecule has 2 rings (SSSR count). The van der Waals surface area contributed by atoms with Crippen molar-refractivity contribution in [3.8, 4) is 6.07 Å². The zero-order valence-corrected chi connectivity index (χ0v) is 12.5. The number of benzene rings is 1. The molecule has 0 aliphatic rings. The van der Waals surface area contributed by atoms with Gasteiger partial charge in [0.2, 0.25) is 0 Å². The van der Waals surface area contributed by atoms with E-state index in [0.717, 1.165) is 15.6 Å². The number of carbonyl (C=O) groups excluding carboxylic acids is 1. The van der Waals surface area contributed by atoms with Gasteiger partial charge in [0.25, 0.3) is 0 Å². The summed E-state index contributed by atoms with van der Waals surface area (Å²) in [7, 11) is 0. The molecule has 1 aromatic carbocycles. The quantitative estimate of drug-likeness (QED) is 0.914. The van der Waals surface area contributed by atoms with Gasteiger partial charge in [-0.15, -0.1) is 11.3 Å². The van der Waals surface area contributed by atoms with Crippen LogP contribution in [0.4, 0.5) is 4.79 Å². The van der Waals surface area contributed by atoms with E-state index in [1.807, 2.05) is 44.4 Å². The van der Waals surface area contributed by atoms with E-state index < -0.39 is 11.7 Å². The predicted molar refractivity (Wildman–Crippen MR) is 79.6 cm³/mol. The lowest BCUT2D eigenvalue weighted by Crippen LogP contribution is -2.32. The van der Waals surface area contributed by atoms with Crippen molar-refractivity contribution in [2.75, 3.05) is 0 Å². The Bertz CT molecular complexity index is 677. The minimum Gasteiger partial charge on any atom is -0.444 e. The molecule has 20 heavy (non-hydrogen) atoms. The van der Waals surface area contributed by atoms with Crippen LogP contribution in [0.5, 0.6) is 0 Å². The van der Waals surface area contributed by atoms with Crippen LogP contribution in [-0.2, 0) is 11.3 Å². The minimum absolute atomic E-state index is 0.387. The molecule has 0 bridgehead atoms. The van der Waals surface area contributed by atoms with Gasteiger partial charge in [0.05, 0.1) is 5.56 Å². The van der Waals surface area contributed by atoms with E-state index in [2.05, 4.69) is 11.4 Å². The fraction of sp³-hybridized carbons (Fsp3) is 0.333. The molecule has 0 saturated carbocycles. The van der Waals surface area contributed by atoms with E-state index in [-0.39, 0.29) is 0 Å². The maximum Gasteiger partial charge on any atom is 0.407 e. The van der Waals surface area contributed by atoms with Gasteiger partial charge in [0.1, 0.15) is 11.7 Å². The van der Waals surface area contributed by atoms with E-state index >= 15 is 0 Å². The van der Waals surface area contributed by atoms with Crippen molar-refractivity contribution in [1.82, 2.24) is 5.32 Å². The number of alkyl carbamates (subject to hydrolysis) is 1. The topological polar surface area (TPSA) is 62.1 Å². The molecule has 1 heterocycles. The molecule has 0 fully saturated rings. The summed E-state index contributed by atoms with van der Waals surface area (Å²) >= 11 is 1.52. The highest BCUT2D eigenvalue weighted by molar-refractivity contribution is 7.17. The SMILES string of the molecule is CC(C)(C)OC(=O)NCc1cccc2c(C#N)csc12. The van der Waals surface area contributed by atoms with Gasteiger partial charge < -0.3 is 10.1 Å². The van der Waals surface area contributed by atoms with E-state index in [1.165, 1.54) is 11.3 Å². The number of fused-ring (bicyclic) bond motifs is 1. The maximum atomic E-state index is 11.6. The van der Waals surface area contributed by atoms with Crippen molar-refractivity contribution in [3.05, 3.63) is 34.7 Å². The highest BCUT2D eigenvalue weighted by atomic mass is 32.1. The number of rotatable bonds is 2. The summed E-state index contributed by atoms with van der Waals surface area (Å²) in [6, 6.07) is 7.92. The first-order chi connectivity index (χ1) is 9.40. The molecule has 0 aliphatic heterocycles. The van der Waals surface area contributed by atoms with Crippen LogP contribution in [0.3, 0.4) is 0 Å². The Labute approximate surface area is 122 Å². The van der Waals surface area contributed by atoms with Crippen molar-refractivity contribution in [1.29, 1.82) is 5.26 Å². The zero-order valence-electron chi connectivity index (χ0n) is 11.7. The van der Waals surface area contributed by atoms with Crippen LogP contribution in [0.15, 0.2) is 23.6 Å². The number of amides is 1. The Kier molecular flexibility index (Phi) is 3.96. The van der Waals surface area contributed by atoms with E-state index in [1.54, 1.807) is 0 Å². The van der Waals surface area contributed by atoms with Gasteiger partial charge in [-0.25, -0.2) is 4.79 Å². The van der Waals surface area contributed by atoms with Gasteiger partial charge in [0.15, 0.2) is 0 Å². The molecule has 2 aromatic rings. The second-order valence-corrected chi connectivity index (χ2v) is 6.29. The molecule has 4 nitrogen and oxygen atoms in total. The Morgan fingerprint density at radius 1 is 1.45 bits per heavy atom. The number of thiophene rings is 1. The van der Waals surface area contributed by atoms with Gasteiger partial charge in [0, 0.05) is 22.0 Å². The number of nitrogens with zero attached hydrogens (tertiary/aromatic N) is 1. The lowest BCUT2D eigenvalue weighted by atomic mass is 10.1. The number of ether oxygens (including phenoxy) is 1. The number of nitriles is 1. The van der Waals surface area contributed by atoms with E-state index in [9.17, 15) is 4.79 Å². The highest BCUT2D eigenvalue weighted by Crippen LogP contribution is 2.28. The third-order valence-corrected chi connectivity index (χ3v) is 3.70. The van der Waals surface area contributed by atoms with Gasteiger partial charge in [-0.1, -0.05) is 18.2 Å². The molecule has 0 radical (unpaired) electrons. The number of carbonyl (C=O) groups is 1. The van der Waals surface area contributed by atoms with E-state index in [0.29, 0.717) is 12.1 Å². The summed E-state index contributed by atoms with van der Waals surface area (Å²) in [5, 5.41) is 14.5. The maximum absolute atomic E-state index is 11.6. The van der Waals surface area contributed by atoms with Crippen molar-refractivity contribution >= 4 is 27.5 Å². The Morgan fingerprint density at radius 3 is 2.85 bits per heavy atom. The zero-order chi connectivity index (χ0) is 14.8. The summed E-state index contributed by atoms with van der Waals surface area (Å²) in [6.07, 6.45) is -0.438. The molecular weight excluding hydrogens is 272 g/mol. The van der Waals surface area contributed by atoms with E-state index in [4.69, 9.17) is 10.00 Å². The molecule has 0 aliphatic carbocycles. The van der Waals surface area contributed by atoms with Gasteiger partial charge >= 0.3 is 6.09 Å². The smallest absolute Gasteiger partial charge is 0.407 e. The van der Waals surface area contributed by atoms with Gasteiger partial charge in [-0.05, 0) is 26.3 Å². The average Bonchev–Trinajstić information content (AvgIpc) is 2.77. The molecule has 0 saturated heterocycles. The third-order valence-electron chi connectivity index (χ3n) is 2.62. The normalized spacial score (nSPS) is 11.1. The lowest BCUT2D eigenvalue weighted by molar-refractivity contribution is 0.0524. The monoisotopic (exact) mass is 288 g/mol. The van der Waals surface area contributed by atoms with Crippen molar-refractivity contribution in [2.24, 2.45) is 0 Å². The van der Waals surface area contributed by atoms with Crippen LogP contribution >= 0.6 is 11.3 Å². The molecule has 0 atom stereocenters. The molecule has 104 valence electrons. The lowest BCUT2D eigenvalue weighted by Gasteiger charge is -2.19. The summed E-state index contributed by atoms with van der Waals surface area (Å²) in [5.41, 5.74) is 1.15. The second-order valence-electron chi connectivity index (χ2n) is 5.41. The van der Waals surface area contributed by atoms with Crippen LogP contribution in [-0.4, -0.2) is 11.7 Å². The first-order valence-electron chi connectivity index (χ1n) is 6.27. The predicted octanol–water partition coefficient (Wildman–Crippen LogP) is 3.80. The summed E-state index contributed by atoms with van der Waals surface area (Å²) < 4.78 is 6.23. The van der Waals surface area contributed by atoms with Crippen LogP contribution in [0, 0.1) is 11.3 Å². The largest absolute Gasteiger partial charge is 0.444 e. The number of hydrogen-bond acceptors (Lipinski definition) is 4. The molecule has 1 N–H and O–H groups in total.